The summed E-state index contributed by atoms with van der Waals surface area (Å²) < 4.78 is 1.15. The first-order valence-corrected chi connectivity index (χ1v) is 6.99. The van der Waals surface area contributed by atoms with Crippen LogP contribution >= 0.6 is 11.3 Å². The highest BCUT2D eigenvalue weighted by Crippen LogP contribution is 2.24. The summed E-state index contributed by atoms with van der Waals surface area (Å²) in [7, 11) is 0. The van der Waals surface area contributed by atoms with Gasteiger partial charge in [0.25, 0.3) is 5.91 Å². The summed E-state index contributed by atoms with van der Waals surface area (Å²) in [5.74, 6) is -1.45. The molecule has 104 valence electrons. The Labute approximate surface area is 123 Å². The number of amides is 1. The van der Waals surface area contributed by atoms with E-state index in [1.54, 1.807) is 11.3 Å². The number of fused-ring (bicyclic) bond motifs is 1. The number of pyridine rings is 1. The number of aromatic carboxylic acids is 1. The number of anilines is 1. The molecule has 1 amide bonds. The number of hydrogen-bond donors (Lipinski definition) is 2. The van der Waals surface area contributed by atoms with Gasteiger partial charge in [0.15, 0.2) is 0 Å². The number of aromatic nitrogens is 1. The second-order valence-electron chi connectivity index (χ2n) is 4.36. The van der Waals surface area contributed by atoms with E-state index >= 15 is 0 Å². The summed E-state index contributed by atoms with van der Waals surface area (Å²) in [5.41, 5.74) is 0.895. The Morgan fingerprint density at radius 3 is 2.71 bits per heavy atom. The molecular weight excluding hydrogens is 288 g/mol. The highest BCUT2D eigenvalue weighted by atomic mass is 32.1. The number of benzene rings is 1. The third kappa shape index (κ3) is 2.75. The number of carbonyl (C=O) groups excluding carboxylic acids is 1. The molecule has 2 aromatic heterocycles. The number of nitrogens with one attached hydrogen (secondary N) is 1. The minimum atomic E-state index is -1.07. The second kappa shape index (κ2) is 5.34. The molecule has 21 heavy (non-hydrogen) atoms. The molecule has 0 bridgehead atoms. The molecule has 3 aromatic rings. The van der Waals surface area contributed by atoms with E-state index in [2.05, 4.69) is 10.3 Å². The Bertz CT molecular complexity index is 824. The molecular formula is C15H10N2O3S. The third-order valence-corrected chi connectivity index (χ3v) is 3.85. The average Bonchev–Trinajstić information content (AvgIpc) is 2.95. The van der Waals surface area contributed by atoms with Crippen LogP contribution in [0.4, 0.5) is 5.69 Å². The zero-order valence-corrected chi connectivity index (χ0v) is 11.6. The summed E-state index contributed by atoms with van der Waals surface area (Å²) >= 11 is 1.63. The van der Waals surface area contributed by atoms with Gasteiger partial charge in [0.05, 0.1) is 5.56 Å². The van der Waals surface area contributed by atoms with E-state index in [0.29, 0.717) is 5.69 Å². The summed E-state index contributed by atoms with van der Waals surface area (Å²) in [6, 6.07) is 10.4. The van der Waals surface area contributed by atoms with Crippen molar-refractivity contribution in [3.8, 4) is 0 Å². The Morgan fingerprint density at radius 2 is 2.00 bits per heavy atom. The Balaban J connectivity index is 1.80. The van der Waals surface area contributed by atoms with Gasteiger partial charge in [-0.25, -0.2) is 4.79 Å². The lowest BCUT2D eigenvalue weighted by Gasteiger charge is -2.05. The number of rotatable bonds is 3. The molecule has 0 aliphatic carbocycles. The van der Waals surface area contributed by atoms with E-state index < -0.39 is 5.97 Å². The molecule has 0 spiro atoms. The minimum absolute atomic E-state index is 0.0474. The van der Waals surface area contributed by atoms with Gasteiger partial charge in [-0.05, 0) is 47.2 Å². The summed E-state index contributed by atoms with van der Waals surface area (Å²) in [6.45, 7) is 0. The van der Waals surface area contributed by atoms with Crippen molar-refractivity contribution in [3.05, 3.63) is 59.2 Å². The maximum Gasteiger partial charge on any atom is 0.337 e. The molecule has 0 unspecified atom stereocenters. The lowest BCUT2D eigenvalue weighted by atomic mass is 10.2. The quantitative estimate of drug-likeness (QED) is 0.778. The smallest absolute Gasteiger partial charge is 0.337 e. The number of hydrogen-bond acceptors (Lipinski definition) is 4. The molecule has 3 rings (SSSR count). The van der Waals surface area contributed by atoms with Crippen molar-refractivity contribution in [1.29, 1.82) is 0 Å². The Hall–Kier alpha value is -2.73. The van der Waals surface area contributed by atoms with Gasteiger partial charge in [-0.2, -0.15) is 0 Å². The predicted molar refractivity (Wildman–Crippen MR) is 81.0 cm³/mol. The van der Waals surface area contributed by atoms with Crippen LogP contribution in [0.25, 0.3) is 10.1 Å². The van der Waals surface area contributed by atoms with Gasteiger partial charge >= 0.3 is 5.97 Å². The molecule has 0 saturated heterocycles. The van der Waals surface area contributed by atoms with Crippen LogP contribution in [0.1, 0.15) is 20.8 Å². The van der Waals surface area contributed by atoms with Crippen LogP contribution in [0.2, 0.25) is 0 Å². The zero-order valence-electron chi connectivity index (χ0n) is 10.7. The molecule has 6 heteroatoms. The van der Waals surface area contributed by atoms with Gasteiger partial charge in [-0.1, -0.05) is 0 Å². The zero-order chi connectivity index (χ0) is 14.8. The molecule has 0 saturated carbocycles. The highest BCUT2D eigenvalue weighted by molar-refractivity contribution is 7.17. The standard InChI is InChI=1S/C15H10N2O3S/c18-14(12-3-1-10(8-16-12)15(19)20)17-11-2-4-13-9(7-11)5-6-21-13/h1-8H,(H,17,18)(H,19,20). The normalized spacial score (nSPS) is 10.5. The van der Waals surface area contributed by atoms with Gasteiger partial charge in [0, 0.05) is 16.6 Å². The van der Waals surface area contributed by atoms with Crippen molar-refractivity contribution in [3.63, 3.8) is 0 Å². The van der Waals surface area contributed by atoms with E-state index in [0.717, 1.165) is 10.1 Å². The summed E-state index contributed by atoms with van der Waals surface area (Å²) in [4.78, 5) is 26.6. The van der Waals surface area contributed by atoms with Gasteiger partial charge in [0.2, 0.25) is 0 Å². The largest absolute Gasteiger partial charge is 0.478 e. The monoisotopic (exact) mass is 298 g/mol. The minimum Gasteiger partial charge on any atom is -0.478 e. The first-order chi connectivity index (χ1) is 10.1. The molecule has 0 aliphatic heterocycles. The lowest BCUT2D eigenvalue weighted by molar-refractivity contribution is 0.0696. The van der Waals surface area contributed by atoms with E-state index in [1.807, 2.05) is 29.6 Å². The summed E-state index contributed by atoms with van der Waals surface area (Å²) in [5, 5.41) is 14.6. The fourth-order valence-corrected chi connectivity index (χ4v) is 2.67. The van der Waals surface area contributed by atoms with Crippen molar-refractivity contribution in [2.75, 3.05) is 5.32 Å². The number of thiophene rings is 1. The molecule has 2 N–H and O–H groups in total. The highest BCUT2D eigenvalue weighted by Gasteiger charge is 2.10. The maximum absolute atomic E-state index is 12.1. The Kier molecular flexibility index (Phi) is 3.37. The van der Waals surface area contributed by atoms with Crippen LogP contribution in [0, 0.1) is 0 Å². The number of nitrogens with zero attached hydrogens (tertiary/aromatic N) is 1. The van der Waals surface area contributed by atoms with Crippen molar-refractivity contribution in [2.24, 2.45) is 0 Å². The molecule has 2 heterocycles. The Morgan fingerprint density at radius 1 is 1.14 bits per heavy atom. The van der Waals surface area contributed by atoms with Gasteiger partial charge < -0.3 is 10.4 Å². The first kappa shape index (κ1) is 13.3. The van der Waals surface area contributed by atoms with E-state index in [4.69, 9.17) is 5.11 Å². The van der Waals surface area contributed by atoms with Crippen LogP contribution in [0.15, 0.2) is 48.0 Å². The lowest BCUT2D eigenvalue weighted by Crippen LogP contribution is -2.14. The van der Waals surface area contributed by atoms with Crippen molar-refractivity contribution in [2.45, 2.75) is 0 Å². The number of carbonyl (C=O) groups is 2. The molecule has 0 radical (unpaired) electrons. The van der Waals surface area contributed by atoms with Crippen molar-refractivity contribution < 1.29 is 14.7 Å². The van der Waals surface area contributed by atoms with Gasteiger partial charge in [-0.3, -0.25) is 9.78 Å². The van der Waals surface area contributed by atoms with Crippen LogP contribution in [0.3, 0.4) is 0 Å². The fraction of sp³-hybridized carbons (Fsp3) is 0. The van der Waals surface area contributed by atoms with Crippen molar-refractivity contribution >= 4 is 39.0 Å². The first-order valence-electron chi connectivity index (χ1n) is 6.11. The fourth-order valence-electron chi connectivity index (χ4n) is 1.89. The van der Waals surface area contributed by atoms with Crippen LogP contribution in [-0.4, -0.2) is 22.0 Å². The number of carboxylic acids is 1. The number of carboxylic acid groups (broad SMARTS) is 1. The predicted octanol–water partition coefficient (Wildman–Crippen LogP) is 3.25. The van der Waals surface area contributed by atoms with E-state index in [9.17, 15) is 9.59 Å². The van der Waals surface area contributed by atoms with Gasteiger partial charge in [0.1, 0.15) is 5.69 Å². The summed E-state index contributed by atoms with van der Waals surface area (Å²) in [6.07, 6.45) is 1.17. The molecule has 0 atom stereocenters. The topological polar surface area (TPSA) is 79.3 Å². The van der Waals surface area contributed by atoms with Gasteiger partial charge in [-0.15, -0.1) is 11.3 Å². The SMILES string of the molecule is O=C(O)c1ccc(C(=O)Nc2ccc3sccc3c2)nc1. The van der Waals surface area contributed by atoms with Crippen LogP contribution < -0.4 is 5.32 Å². The molecule has 1 aromatic carbocycles. The van der Waals surface area contributed by atoms with Crippen LogP contribution in [-0.2, 0) is 0 Å². The average molecular weight is 298 g/mol. The molecule has 0 fully saturated rings. The molecule has 0 aliphatic rings. The van der Waals surface area contributed by atoms with Crippen molar-refractivity contribution in [1.82, 2.24) is 4.98 Å². The third-order valence-electron chi connectivity index (χ3n) is 2.95. The van der Waals surface area contributed by atoms with Crippen LogP contribution in [0.5, 0.6) is 0 Å². The second-order valence-corrected chi connectivity index (χ2v) is 5.31. The molecule has 5 nitrogen and oxygen atoms in total. The maximum atomic E-state index is 12.1. The van der Waals surface area contributed by atoms with E-state index in [1.165, 1.54) is 18.3 Å². The van der Waals surface area contributed by atoms with E-state index in [-0.39, 0.29) is 17.2 Å².